The fraction of sp³-hybridized carbons (Fsp3) is 0.545. The zero-order chi connectivity index (χ0) is 11.6. The molecule has 0 saturated heterocycles. The van der Waals surface area contributed by atoms with Crippen LogP contribution in [0.2, 0.25) is 0 Å². The highest BCUT2D eigenvalue weighted by Crippen LogP contribution is 2.00. The van der Waals surface area contributed by atoms with E-state index in [2.05, 4.69) is 4.98 Å². The molecule has 0 spiro atoms. The van der Waals surface area contributed by atoms with Gasteiger partial charge < -0.3 is 0 Å². The summed E-state index contributed by atoms with van der Waals surface area (Å²) in [6.45, 7) is 7.34. The SMILES string of the molecule is Cc1cc(C)n(CC(=O)C(C)C)c(=O)n1. The maximum absolute atomic E-state index is 11.5. The number of Topliss-reactive ketones (excluding diaryl/α,β-unsaturated/α-hetero) is 1. The average Bonchev–Trinajstić information content (AvgIpc) is 2.10. The van der Waals surface area contributed by atoms with E-state index in [1.165, 1.54) is 4.57 Å². The first kappa shape index (κ1) is 11.6. The van der Waals surface area contributed by atoms with E-state index in [0.717, 1.165) is 5.69 Å². The van der Waals surface area contributed by atoms with Gasteiger partial charge in [0.1, 0.15) is 0 Å². The number of rotatable bonds is 3. The van der Waals surface area contributed by atoms with Crippen LogP contribution < -0.4 is 5.69 Å². The van der Waals surface area contributed by atoms with Gasteiger partial charge in [0, 0.05) is 17.3 Å². The minimum atomic E-state index is -0.346. The highest BCUT2D eigenvalue weighted by Gasteiger charge is 2.11. The van der Waals surface area contributed by atoms with E-state index >= 15 is 0 Å². The lowest BCUT2D eigenvalue weighted by Gasteiger charge is -2.10. The van der Waals surface area contributed by atoms with Crippen molar-refractivity contribution in [3.63, 3.8) is 0 Å². The monoisotopic (exact) mass is 208 g/mol. The van der Waals surface area contributed by atoms with Crippen molar-refractivity contribution in [2.45, 2.75) is 34.2 Å². The molecule has 0 bridgehead atoms. The third kappa shape index (κ3) is 2.75. The molecule has 82 valence electrons. The minimum absolute atomic E-state index is 0.0471. The molecule has 15 heavy (non-hydrogen) atoms. The molecular formula is C11H16N2O2. The Morgan fingerprint density at radius 3 is 2.53 bits per heavy atom. The normalized spacial score (nSPS) is 10.7. The minimum Gasteiger partial charge on any atom is -0.297 e. The topological polar surface area (TPSA) is 52.0 Å². The summed E-state index contributed by atoms with van der Waals surface area (Å²) in [6, 6.07) is 1.80. The lowest BCUT2D eigenvalue weighted by atomic mass is 10.1. The molecule has 1 aromatic rings. The molecule has 0 aliphatic heterocycles. The van der Waals surface area contributed by atoms with Gasteiger partial charge in [-0.05, 0) is 19.9 Å². The van der Waals surface area contributed by atoms with Gasteiger partial charge in [-0.2, -0.15) is 4.98 Å². The van der Waals surface area contributed by atoms with Crippen molar-refractivity contribution >= 4 is 5.78 Å². The number of carbonyl (C=O) groups excluding carboxylic acids is 1. The largest absolute Gasteiger partial charge is 0.348 e. The van der Waals surface area contributed by atoms with Crippen LogP contribution in [0.5, 0.6) is 0 Å². The third-order valence-corrected chi connectivity index (χ3v) is 2.30. The third-order valence-electron chi connectivity index (χ3n) is 2.30. The zero-order valence-electron chi connectivity index (χ0n) is 9.57. The Bertz CT molecular complexity index is 433. The van der Waals surface area contributed by atoms with Crippen molar-refractivity contribution < 1.29 is 4.79 Å². The number of aromatic nitrogens is 2. The highest BCUT2D eigenvalue weighted by atomic mass is 16.2. The Hall–Kier alpha value is -1.45. The van der Waals surface area contributed by atoms with Crippen LogP contribution >= 0.6 is 0 Å². The van der Waals surface area contributed by atoms with Gasteiger partial charge >= 0.3 is 5.69 Å². The molecule has 1 rings (SSSR count). The van der Waals surface area contributed by atoms with Gasteiger partial charge in [0.25, 0.3) is 0 Å². The summed E-state index contributed by atoms with van der Waals surface area (Å²) in [4.78, 5) is 26.8. The molecule has 0 saturated carbocycles. The molecule has 0 radical (unpaired) electrons. The van der Waals surface area contributed by atoms with Crippen molar-refractivity contribution in [3.8, 4) is 0 Å². The Morgan fingerprint density at radius 1 is 1.47 bits per heavy atom. The zero-order valence-corrected chi connectivity index (χ0v) is 9.57. The standard InChI is InChI=1S/C11H16N2O2/c1-7(2)10(14)6-13-9(4)5-8(3)12-11(13)15/h5,7H,6H2,1-4H3. The molecular weight excluding hydrogens is 192 g/mol. The smallest absolute Gasteiger partial charge is 0.297 e. The van der Waals surface area contributed by atoms with E-state index in [1.807, 2.05) is 20.8 Å². The summed E-state index contributed by atoms with van der Waals surface area (Å²) in [5.74, 6) is -0.0107. The van der Waals surface area contributed by atoms with E-state index in [9.17, 15) is 9.59 Å². The summed E-state index contributed by atoms with van der Waals surface area (Å²) >= 11 is 0. The molecule has 1 heterocycles. The Labute approximate surface area is 89.0 Å². The van der Waals surface area contributed by atoms with Gasteiger partial charge in [0.2, 0.25) is 0 Å². The van der Waals surface area contributed by atoms with Crippen LogP contribution in [0.15, 0.2) is 10.9 Å². The Morgan fingerprint density at radius 2 is 2.07 bits per heavy atom. The summed E-state index contributed by atoms with van der Waals surface area (Å²) in [5, 5.41) is 0. The number of hydrogen-bond acceptors (Lipinski definition) is 3. The summed E-state index contributed by atoms with van der Waals surface area (Å²) in [7, 11) is 0. The Kier molecular flexibility index (Phi) is 3.39. The predicted molar refractivity (Wildman–Crippen MR) is 57.8 cm³/mol. The number of hydrogen-bond donors (Lipinski definition) is 0. The van der Waals surface area contributed by atoms with Crippen LogP contribution in [0.4, 0.5) is 0 Å². The van der Waals surface area contributed by atoms with Crippen molar-refractivity contribution in [1.82, 2.24) is 9.55 Å². The summed E-state index contributed by atoms with van der Waals surface area (Å²) in [5.41, 5.74) is 1.12. The fourth-order valence-corrected chi connectivity index (χ4v) is 1.31. The molecule has 4 heteroatoms. The van der Waals surface area contributed by atoms with Crippen LogP contribution in [0.3, 0.4) is 0 Å². The lowest BCUT2D eigenvalue weighted by Crippen LogP contribution is -2.30. The van der Waals surface area contributed by atoms with Crippen molar-refractivity contribution in [2.24, 2.45) is 5.92 Å². The predicted octanol–water partition coefficient (Wildman–Crippen LogP) is 1.09. The molecule has 0 amide bonds. The van der Waals surface area contributed by atoms with Gasteiger partial charge in [-0.3, -0.25) is 9.36 Å². The quantitative estimate of drug-likeness (QED) is 0.747. The molecule has 0 N–H and O–H groups in total. The molecule has 0 aliphatic carbocycles. The molecule has 0 unspecified atom stereocenters. The molecule has 4 nitrogen and oxygen atoms in total. The summed E-state index contributed by atoms with van der Waals surface area (Å²) < 4.78 is 1.41. The summed E-state index contributed by atoms with van der Waals surface area (Å²) in [6.07, 6.45) is 0. The molecule has 0 aliphatic rings. The number of ketones is 1. The first-order chi connectivity index (χ1) is 6.91. The second-order valence-corrected chi connectivity index (χ2v) is 4.03. The van der Waals surface area contributed by atoms with E-state index in [4.69, 9.17) is 0 Å². The van der Waals surface area contributed by atoms with Crippen LogP contribution in [0, 0.1) is 19.8 Å². The number of nitrogens with zero attached hydrogens (tertiary/aromatic N) is 2. The van der Waals surface area contributed by atoms with Crippen LogP contribution in [0.25, 0.3) is 0 Å². The fourth-order valence-electron chi connectivity index (χ4n) is 1.31. The lowest BCUT2D eigenvalue weighted by molar-refractivity contribution is -0.122. The molecule has 0 aromatic carbocycles. The first-order valence-corrected chi connectivity index (χ1v) is 4.99. The highest BCUT2D eigenvalue weighted by molar-refractivity contribution is 5.80. The second-order valence-electron chi connectivity index (χ2n) is 4.03. The van der Waals surface area contributed by atoms with E-state index in [0.29, 0.717) is 5.69 Å². The van der Waals surface area contributed by atoms with Crippen molar-refractivity contribution in [1.29, 1.82) is 0 Å². The van der Waals surface area contributed by atoms with Crippen LogP contribution in [0.1, 0.15) is 25.2 Å². The number of aryl methyl sites for hydroxylation is 2. The van der Waals surface area contributed by atoms with Crippen molar-refractivity contribution in [3.05, 3.63) is 27.9 Å². The Balaban J connectivity index is 3.06. The van der Waals surface area contributed by atoms with Gasteiger partial charge in [0.15, 0.2) is 5.78 Å². The maximum Gasteiger partial charge on any atom is 0.348 e. The maximum atomic E-state index is 11.5. The average molecular weight is 208 g/mol. The van der Waals surface area contributed by atoms with E-state index in [1.54, 1.807) is 13.0 Å². The molecule has 0 fully saturated rings. The van der Waals surface area contributed by atoms with Gasteiger partial charge in [-0.25, -0.2) is 4.79 Å². The van der Waals surface area contributed by atoms with E-state index < -0.39 is 0 Å². The molecule has 0 atom stereocenters. The van der Waals surface area contributed by atoms with Gasteiger partial charge in [-0.15, -0.1) is 0 Å². The molecule has 1 aromatic heterocycles. The van der Waals surface area contributed by atoms with Crippen molar-refractivity contribution in [2.75, 3.05) is 0 Å². The van der Waals surface area contributed by atoms with Crippen LogP contribution in [-0.4, -0.2) is 15.3 Å². The second kappa shape index (κ2) is 4.38. The van der Waals surface area contributed by atoms with Crippen LogP contribution in [-0.2, 0) is 11.3 Å². The van der Waals surface area contributed by atoms with E-state index in [-0.39, 0.29) is 23.9 Å². The van der Waals surface area contributed by atoms with Gasteiger partial charge in [0.05, 0.1) is 6.54 Å². The number of carbonyl (C=O) groups is 1. The van der Waals surface area contributed by atoms with Gasteiger partial charge in [-0.1, -0.05) is 13.8 Å². The first-order valence-electron chi connectivity index (χ1n) is 4.99.